The first-order chi connectivity index (χ1) is 12.6. The molecular formula is C21H26N2O3. The zero-order valence-corrected chi connectivity index (χ0v) is 15.4. The molecule has 0 aliphatic carbocycles. The van der Waals surface area contributed by atoms with E-state index < -0.39 is 0 Å². The number of hydrogen-bond donors (Lipinski definition) is 1. The summed E-state index contributed by atoms with van der Waals surface area (Å²) in [6.45, 7) is 3.45. The number of benzene rings is 2. The fourth-order valence-electron chi connectivity index (χ4n) is 2.62. The van der Waals surface area contributed by atoms with Gasteiger partial charge < -0.3 is 15.0 Å². The normalized spacial score (nSPS) is 11.6. The van der Waals surface area contributed by atoms with Gasteiger partial charge in [-0.1, -0.05) is 36.4 Å². The van der Waals surface area contributed by atoms with Gasteiger partial charge in [-0.25, -0.2) is 0 Å². The summed E-state index contributed by atoms with van der Waals surface area (Å²) in [4.78, 5) is 26.2. The zero-order valence-electron chi connectivity index (χ0n) is 15.4. The summed E-state index contributed by atoms with van der Waals surface area (Å²) in [6, 6.07) is 18.3. The molecule has 0 radical (unpaired) electrons. The molecule has 0 heterocycles. The van der Waals surface area contributed by atoms with E-state index in [1.807, 2.05) is 43.3 Å². The highest BCUT2D eigenvalue weighted by Gasteiger charge is 2.16. The summed E-state index contributed by atoms with van der Waals surface area (Å²) >= 11 is 0. The summed E-state index contributed by atoms with van der Waals surface area (Å²) in [5.74, 6) is -0.141. The summed E-state index contributed by atoms with van der Waals surface area (Å²) in [7, 11) is 1.78. The number of nitrogens with zero attached hydrogens (tertiary/aromatic N) is 1. The Bertz CT molecular complexity index is 689. The fourth-order valence-corrected chi connectivity index (χ4v) is 2.62. The van der Waals surface area contributed by atoms with Gasteiger partial charge in [0.15, 0.2) is 0 Å². The smallest absolute Gasteiger partial charge is 0.253 e. The molecule has 0 bridgehead atoms. The van der Waals surface area contributed by atoms with Gasteiger partial charge in [-0.3, -0.25) is 9.59 Å². The topological polar surface area (TPSA) is 58.6 Å². The number of ether oxygens (including phenoxy) is 1. The zero-order chi connectivity index (χ0) is 18.8. The minimum Gasteiger partial charge on any atom is -0.377 e. The second kappa shape index (κ2) is 10.4. The second-order valence-electron chi connectivity index (χ2n) is 6.03. The van der Waals surface area contributed by atoms with Gasteiger partial charge in [0.2, 0.25) is 0 Å². The van der Waals surface area contributed by atoms with Gasteiger partial charge in [0.25, 0.3) is 11.8 Å². The van der Waals surface area contributed by atoms with E-state index in [0.29, 0.717) is 37.2 Å². The van der Waals surface area contributed by atoms with Crippen LogP contribution in [0.5, 0.6) is 0 Å². The molecule has 5 heteroatoms. The molecular weight excluding hydrogens is 328 g/mol. The molecule has 0 saturated carbocycles. The predicted octanol–water partition coefficient (Wildman–Crippen LogP) is 2.98. The molecule has 0 saturated heterocycles. The van der Waals surface area contributed by atoms with Crippen molar-refractivity contribution in [1.82, 2.24) is 10.2 Å². The minimum atomic E-state index is -0.140. The van der Waals surface area contributed by atoms with Crippen LogP contribution in [0.3, 0.4) is 0 Å². The highest BCUT2D eigenvalue weighted by Crippen LogP contribution is 2.06. The van der Waals surface area contributed by atoms with Gasteiger partial charge in [0, 0.05) is 37.9 Å². The first-order valence-corrected chi connectivity index (χ1v) is 8.87. The van der Waals surface area contributed by atoms with E-state index in [0.717, 1.165) is 0 Å². The van der Waals surface area contributed by atoms with Crippen molar-refractivity contribution in [1.29, 1.82) is 0 Å². The first-order valence-electron chi connectivity index (χ1n) is 8.87. The Labute approximate surface area is 155 Å². The monoisotopic (exact) mass is 354 g/mol. The van der Waals surface area contributed by atoms with Crippen molar-refractivity contribution in [3.8, 4) is 0 Å². The molecule has 0 aromatic heterocycles. The van der Waals surface area contributed by atoms with E-state index in [1.165, 1.54) is 0 Å². The molecule has 2 aromatic carbocycles. The number of rotatable bonds is 9. The first kappa shape index (κ1) is 19.7. The molecule has 2 rings (SSSR count). The van der Waals surface area contributed by atoms with Crippen molar-refractivity contribution in [3.63, 3.8) is 0 Å². The van der Waals surface area contributed by atoms with Crippen molar-refractivity contribution in [3.05, 3.63) is 71.8 Å². The van der Waals surface area contributed by atoms with Crippen LogP contribution in [0.25, 0.3) is 0 Å². The van der Waals surface area contributed by atoms with Crippen LogP contribution in [0.2, 0.25) is 0 Å². The lowest BCUT2D eigenvalue weighted by Crippen LogP contribution is -2.37. The standard InChI is InChI=1S/C21H26N2O3/c1-3-26-19(16-22-20(24)17-10-6-4-7-11-17)14-15-23(2)21(25)18-12-8-5-9-13-18/h4-13,19H,3,14-16H2,1-2H3,(H,22,24). The fraction of sp³-hybridized carbons (Fsp3) is 0.333. The third kappa shape index (κ3) is 6.01. The van der Waals surface area contributed by atoms with E-state index in [9.17, 15) is 9.59 Å². The maximum atomic E-state index is 12.4. The number of nitrogens with one attached hydrogen (secondary N) is 1. The van der Waals surface area contributed by atoms with Crippen LogP contribution in [0.1, 0.15) is 34.1 Å². The van der Waals surface area contributed by atoms with Crippen molar-refractivity contribution in [2.24, 2.45) is 0 Å². The summed E-state index contributed by atoms with van der Waals surface area (Å²) in [6.07, 6.45) is 0.511. The summed E-state index contributed by atoms with van der Waals surface area (Å²) in [5.41, 5.74) is 1.29. The molecule has 0 fully saturated rings. The predicted molar refractivity (Wildman–Crippen MR) is 102 cm³/mol. The molecule has 0 aliphatic rings. The van der Waals surface area contributed by atoms with Gasteiger partial charge in [-0.05, 0) is 37.6 Å². The Morgan fingerprint density at radius 2 is 1.58 bits per heavy atom. The third-order valence-corrected chi connectivity index (χ3v) is 4.08. The Hall–Kier alpha value is -2.66. The second-order valence-corrected chi connectivity index (χ2v) is 6.03. The lowest BCUT2D eigenvalue weighted by molar-refractivity contribution is 0.0458. The molecule has 1 unspecified atom stereocenters. The van der Waals surface area contributed by atoms with E-state index >= 15 is 0 Å². The SMILES string of the molecule is CCOC(CCN(C)C(=O)c1ccccc1)CNC(=O)c1ccccc1. The Balaban J connectivity index is 1.83. The number of carbonyl (C=O) groups is 2. The van der Waals surface area contributed by atoms with Gasteiger partial charge >= 0.3 is 0 Å². The summed E-state index contributed by atoms with van der Waals surface area (Å²) in [5, 5.41) is 2.90. The van der Waals surface area contributed by atoms with E-state index in [4.69, 9.17) is 4.74 Å². The van der Waals surface area contributed by atoms with Crippen LogP contribution in [-0.4, -0.2) is 49.6 Å². The van der Waals surface area contributed by atoms with Gasteiger partial charge in [-0.15, -0.1) is 0 Å². The van der Waals surface area contributed by atoms with Crippen LogP contribution in [0, 0.1) is 0 Å². The Morgan fingerprint density at radius 3 is 2.15 bits per heavy atom. The van der Waals surface area contributed by atoms with E-state index in [-0.39, 0.29) is 17.9 Å². The lowest BCUT2D eigenvalue weighted by Gasteiger charge is -2.22. The van der Waals surface area contributed by atoms with Gasteiger partial charge in [-0.2, -0.15) is 0 Å². The van der Waals surface area contributed by atoms with Gasteiger partial charge in [0.1, 0.15) is 0 Å². The van der Waals surface area contributed by atoms with E-state index in [2.05, 4.69) is 5.32 Å². The minimum absolute atomic E-state index is 0.0193. The van der Waals surface area contributed by atoms with Crippen LogP contribution in [-0.2, 0) is 4.74 Å². The maximum Gasteiger partial charge on any atom is 0.253 e. The van der Waals surface area contributed by atoms with E-state index in [1.54, 1.807) is 36.2 Å². The highest BCUT2D eigenvalue weighted by atomic mass is 16.5. The largest absolute Gasteiger partial charge is 0.377 e. The van der Waals surface area contributed by atoms with Crippen LogP contribution in [0.4, 0.5) is 0 Å². The molecule has 1 atom stereocenters. The highest BCUT2D eigenvalue weighted by molar-refractivity contribution is 5.94. The molecule has 0 spiro atoms. The number of carbonyl (C=O) groups excluding carboxylic acids is 2. The Kier molecular flexibility index (Phi) is 7.83. The molecule has 0 aliphatic heterocycles. The molecule has 5 nitrogen and oxygen atoms in total. The average Bonchev–Trinajstić information content (AvgIpc) is 2.70. The van der Waals surface area contributed by atoms with Crippen LogP contribution >= 0.6 is 0 Å². The van der Waals surface area contributed by atoms with Crippen molar-refractivity contribution < 1.29 is 14.3 Å². The number of amides is 2. The number of hydrogen-bond acceptors (Lipinski definition) is 3. The average molecular weight is 354 g/mol. The lowest BCUT2D eigenvalue weighted by atomic mass is 10.1. The van der Waals surface area contributed by atoms with Crippen LogP contribution in [0.15, 0.2) is 60.7 Å². The molecule has 2 aromatic rings. The molecule has 138 valence electrons. The van der Waals surface area contributed by atoms with Gasteiger partial charge in [0.05, 0.1) is 6.10 Å². The third-order valence-electron chi connectivity index (χ3n) is 4.08. The van der Waals surface area contributed by atoms with Crippen LogP contribution < -0.4 is 5.32 Å². The summed E-state index contributed by atoms with van der Waals surface area (Å²) < 4.78 is 5.71. The molecule has 2 amide bonds. The van der Waals surface area contributed by atoms with Crippen molar-refractivity contribution >= 4 is 11.8 Å². The quantitative estimate of drug-likeness (QED) is 0.753. The maximum absolute atomic E-state index is 12.4. The molecule has 1 N–H and O–H groups in total. The van der Waals surface area contributed by atoms with Crippen molar-refractivity contribution in [2.45, 2.75) is 19.4 Å². The Morgan fingerprint density at radius 1 is 1.00 bits per heavy atom. The van der Waals surface area contributed by atoms with Crippen molar-refractivity contribution in [2.75, 3.05) is 26.7 Å². The molecule has 26 heavy (non-hydrogen) atoms.